The van der Waals surface area contributed by atoms with Crippen molar-refractivity contribution in [3.63, 3.8) is 0 Å². The van der Waals surface area contributed by atoms with E-state index in [9.17, 15) is 0 Å². The van der Waals surface area contributed by atoms with Gasteiger partial charge in [-0.1, -0.05) is 23.8 Å². The normalized spacial score (nSPS) is 10.7. The second kappa shape index (κ2) is 5.99. The van der Waals surface area contributed by atoms with E-state index >= 15 is 0 Å². The highest BCUT2D eigenvalue weighted by Crippen LogP contribution is 2.38. The molecular formula is C17H13ClO3S. The summed E-state index contributed by atoms with van der Waals surface area (Å²) >= 11 is 11.4. The maximum atomic E-state index is 6.02. The van der Waals surface area contributed by atoms with E-state index in [1.807, 2.05) is 42.5 Å². The average molecular weight is 333 g/mol. The van der Waals surface area contributed by atoms with Gasteiger partial charge in [-0.3, -0.25) is 0 Å². The number of hydrogen-bond acceptors (Lipinski definition) is 4. The van der Waals surface area contributed by atoms with E-state index in [1.54, 1.807) is 14.2 Å². The Kier molecular flexibility index (Phi) is 4.05. The highest BCUT2D eigenvalue weighted by atomic mass is 35.5. The number of ether oxygens (including phenoxy) is 2. The highest BCUT2D eigenvalue weighted by Gasteiger charge is 2.14. The summed E-state index contributed by atoms with van der Waals surface area (Å²) in [5.41, 5.74) is 1.46. The number of rotatable bonds is 3. The molecule has 0 saturated heterocycles. The molecule has 0 atom stereocenters. The van der Waals surface area contributed by atoms with Gasteiger partial charge >= 0.3 is 0 Å². The minimum Gasteiger partial charge on any atom is -0.493 e. The van der Waals surface area contributed by atoms with Crippen molar-refractivity contribution in [1.29, 1.82) is 0 Å². The van der Waals surface area contributed by atoms with Crippen LogP contribution in [-0.4, -0.2) is 14.2 Å². The summed E-state index contributed by atoms with van der Waals surface area (Å²) in [6.45, 7) is 0. The van der Waals surface area contributed by atoms with Crippen LogP contribution in [0.15, 0.2) is 46.9 Å². The third-order valence-electron chi connectivity index (χ3n) is 3.37. The van der Waals surface area contributed by atoms with Crippen LogP contribution in [0.1, 0.15) is 0 Å². The molecule has 3 nitrogen and oxygen atoms in total. The zero-order chi connectivity index (χ0) is 15.7. The molecule has 0 unspecified atom stereocenters. The van der Waals surface area contributed by atoms with Crippen LogP contribution in [0.4, 0.5) is 0 Å². The predicted molar refractivity (Wildman–Crippen MR) is 90.6 cm³/mol. The van der Waals surface area contributed by atoms with Gasteiger partial charge in [-0.2, -0.15) is 0 Å². The van der Waals surface area contributed by atoms with E-state index in [0.29, 0.717) is 32.4 Å². The first-order valence-corrected chi connectivity index (χ1v) is 7.37. The standard InChI is InChI=1S/C17H13ClO3S/c1-19-13-8-7-12-15(22)9-14(21-16(12)17(13)20-2)10-3-5-11(18)6-4-10/h3-9H,1-2H3. The fraction of sp³-hybridized carbons (Fsp3) is 0.118. The van der Waals surface area contributed by atoms with Gasteiger partial charge in [0.25, 0.3) is 0 Å². The Morgan fingerprint density at radius 2 is 1.73 bits per heavy atom. The fourth-order valence-corrected chi connectivity index (χ4v) is 2.68. The van der Waals surface area contributed by atoms with E-state index in [-0.39, 0.29) is 0 Å². The molecule has 22 heavy (non-hydrogen) atoms. The number of methoxy groups -OCH3 is 2. The highest BCUT2D eigenvalue weighted by molar-refractivity contribution is 7.71. The minimum absolute atomic E-state index is 0.530. The topological polar surface area (TPSA) is 31.6 Å². The molecule has 0 aliphatic heterocycles. The van der Waals surface area contributed by atoms with E-state index in [2.05, 4.69) is 0 Å². The van der Waals surface area contributed by atoms with E-state index < -0.39 is 0 Å². The van der Waals surface area contributed by atoms with E-state index in [0.717, 1.165) is 10.9 Å². The van der Waals surface area contributed by atoms with Crippen molar-refractivity contribution >= 4 is 34.8 Å². The molecule has 0 amide bonds. The number of benzene rings is 2. The monoisotopic (exact) mass is 332 g/mol. The molecule has 0 spiro atoms. The molecule has 112 valence electrons. The van der Waals surface area contributed by atoms with Gasteiger partial charge in [-0.25, -0.2) is 0 Å². The lowest BCUT2D eigenvalue weighted by atomic mass is 10.1. The molecule has 3 rings (SSSR count). The smallest absolute Gasteiger partial charge is 0.204 e. The van der Waals surface area contributed by atoms with Crippen LogP contribution in [0.5, 0.6) is 11.5 Å². The van der Waals surface area contributed by atoms with Gasteiger partial charge < -0.3 is 13.9 Å². The van der Waals surface area contributed by atoms with Crippen LogP contribution in [0, 0.1) is 4.51 Å². The Balaban J connectivity index is 2.30. The Labute approximate surface area is 138 Å². The molecule has 2 aromatic carbocycles. The van der Waals surface area contributed by atoms with Crippen molar-refractivity contribution in [3.05, 3.63) is 52.0 Å². The van der Waals surface area contributed by atoms with Crippen LogP contribution < -0.4 is 9.47 Å². The molecule has 0 radical (unpaired) electrons. The van der Waals surface area contributed by atoms with Gasteiger partial charge in [0.1, 0.15) is 5.76 Å². The Morgan fingerprint density at radius 3 is 2.36 bits per heavy atom. The zero-order valence-electron chi connectivity index (χ0n) is 12.1. The first-order valence-electron chi connectivity index (χ1n) is 6.59. The van der Waals surface area contributed by atoms with Gasteiger partial charge in [-0.15, -0.1) is 0 Å². The largest absolute Gasteiger partial charge is 0.493 e. The molecule has 3 aromatic rings. The van der Waals surface area contributed by atoms with Crippen molar-refractivity contribution in [2.24, 2.45) is 0 Å². The van der Waals surface area contributed by atoms with Gasteiger partial charge in [0.05, 0.1) is 18.7 Å². The van der Waals surface area contributed by atoms with Crippen LogP contribution >= 0.6 is 23.8 Å². The molecule has 0 aliphatic carbocycles. The number of fused-ring (bicyclic) bond motifs is 1. The van der Waals surface area contributed by atoms with Crippen molar-refractivity contribution in [3.8, 4) is 22.8 Å². The number of hydrogen-bond donors (Lipinski definition) is 0. The SMILES string of the molecule is COc1ccc2c(=S)cc(-c3ccc(Cl)cc3)oc2c1OC. The Morgan fingerprint density at radius 1 is 1.00 bits per heavy atom. The first kappa shape index (κ1) is 14.9. The summed E-state index contributed by atoms with van der Waals surface area (Å²) < 4.78 is 17.4. The summed E-state index contributed by atoms with van der Waals surface area (Å²) in [5.74, 6) is 1.78. The lowest BCUT2D eigenvalue weighted by Gasteiger charge is -2.11. The van der Waals surface area contributed by atoms with Crippen molar-refractivity contribution in [2.75, 3.05) is 14.2 Å². The molecule has 0 fully saturated rings. The van der Waals surface area contributed by atoms with Gasteiger partial charge in [0.15, 0.2) is 11.3 Å². The molecule has 0 bridgehead atoms. The quantitative estimate of drug-likeness (QED) is 0.593. The summed E-state index contributed by atoms with van der Waals surface area (Å²) in [6.07, 6.45) is 0. The third-order valence-corrected chi connectivity index (χ3v) is 3.96. The van der Waals surface area contributed by atoms with Crippen LogP contribution in [0.2, 0.25) is 5.02 Å². The second-order valence-electron chi connectivity index (χ2n) is 4.66. The van der Waals surface area contributed by atoms with Crippen LogP contribution in [0.3, 0.4) is 0 Å². The zero-order valence-corrected chi connectivity index (χ0v) is 13.6. The Hall–Kier alpha value is -2.04. The first-order chi connectivity index (χ1) is 10.6. The maximum Gasteiger partial charge on any atom is 0.204 e. The Bertz CT molecular complexity index is 885. The maximum absolute atomic E-state index is 6.02. The van der Waals surface area contributed by atoms with Gasteiger partial charge in [0.2, 0.25) is 5.75 Å². The molecule has 0 N–H and O–H groups in total. The van der Waals surface area contributed by atoms with Crippen molar-refractivity contribution in [2.45, 2.75) is 0 Å². The molecular weight excluding hydrogens is 320 g/mol. The lowest BCUT2D eigenvalue weighted by Crippen LogP contribution is -1.92. The van der Waals surface area contributed by atoms with Gasteiger partial charge in [0, 0.05) is 22.0 Å². The van der Waals surface area contributed by atoms with Crippen LogP contribution in [0.25, 0.3) is 22.3 Å². The molecule has 1 heterocycles. The molecule has 0 aliphatic rings. The predicted octanol–water partition coefficient (Wildman–Crippen LogP) is 5.50. The lowest BCUT2D eigenvalue weighted by molar-refractivity contribution is 0.353. The summed E-state index contributed by atoms with van der Waals surface area (Å²) in [6, 6.07) is 12.9. The summed E-state index contributed by atoms with van der Waals surface area (Å²) in [4.78, 5) is 0. The molecule has 0 saturated carbocycles. The summed E-state index contributed by atoms with van der Waals surface area (Å²) in [5, 5.41) is 1.48. The minimum atomic E-state index is 0.530. The van der Waals surface area contributed by atoms with E-state index in [1.165, 1.54) is 0 Å². The molecule has 1 aromatic heterocycles. The second-order valence-corrected chi connectivity index (χ2v) is 5.54. The van der Waals surface area contributed by atoms with Gasteiger partial charge in [-0.05, 0) is 36.4 Å². The fourth-order valence-electron chi connectivity index (χ4n) is 2.29. The average Bonchev–Trinajstić information content (AvgIpc) is 2.54. The van der Waals surface area contributed by atoms with Crippen molar-refractivity contribution < 1.29 is 13.9 Å². The van der Waals surface area contributed by atoms with E-state index in [4.69, 9.17) is 37.7 Å². The third kappa shape index (κ3) is 2.56. The van der Waals surface area contributed by atoms with Crippen LogP contribution in [-0.2, 0) is 0 Å². The number of halogens is 1. The van der Waals surface area contributed by atoms with Crippen molar-refractivity contribution in [1.82, 2.24) is 0 Å². The molecule has 5 heteroatoms. The summed E-state index contributed by atoms with van der Waals surface area (Å²) in [7, 11) is 3.16.